The molecule has 0 bridgehead atoms. The Kier molecular flexibility index (Phi) is 5.87. The molecule has 0 amide bonds. The number of aromatic hydroxyl groups is 1. The number of phenols is 1. The molecule has 1 N–H and O–H groups in total. The zero-order valence-electron chi connectivity index (χ0n) is 13.2. The van der Waals surface area contributed by atoms with Crippen molar-refractivity contribution in [2.75, 3.05) is 6.61 Å². The first kappa shape index (κ1) is 19.0. The van der Waals surface area contributed by atoms with Crippen molar-refractivity contribution in [1.82, 2.24) is 0 Å². The van der Waals surface area contributed by atoms with Gasteiger partial charge >= 0.3 is 12.1 Å². The monoisotopic (exact) mass is 360 g/mol. The third kappa shape index (κ3) is 4.84. The first-order valence-electron chi connectivity index (χ1n) is 7.66. The fourth-order valence-corrected chi connectivity index (χ4v) is 2.27. The number of para-hydroxylation sites is 1. The van der Waals surface area contributed by atoms with Gasteiger partial charge in [-0.25, -0.2) is 0 Å². The van der Waals surface area contributed by atoms with Gasteiger partial charge in [-0.05, 0) is 43.0 Å². The molecule has 136 valence electrons. The summed E-state index contributed by atoms with van der Waals surface area (Å²) in [5, 5.41) is 9.62. The average Bonchev–Trinajstić information content (AvgIpc) is 2.55. The standard InChI is InChI=1S/C18H17F5O2/c19-17(20,18(21,22)23)14-8-5-9-15(12-14)25-11-4-3-7-13-6-1-2-10-16(13)24/h1-2,5-6,8-10,12,24H,3-4,7,11H2. The fraction of sp³-hybridized carbons (Fsp3) is 0.333. The highest BCUT2D eigenvalue weighted by Crippen LogP contribution is 2.44. The Balaban J connectivity index is 1.86. The van der Waals surface area contributed by atoms with Crippen molar-refractivity contribution in [3.8, 4) is 11.5 Å². The van der Waals surface area contributed by atoms with E-state index in [1.165, 1.54) is 6.07 Å². The summed E-state index contributed by atoms with van der Waals surface area (Å²) < 4.78 is 69.0. The second-order valence-electron chi connectivity index (χ2n) is 5.53. The van der Waals surface area contributed by atoms with Crippen LogP contribution in [-0.4, -0.2) is 17.9 Å². The van der Waals surface area contributed by atoms with Crippen LogP contribution in [-0.2, 0) is 12.3 Å². The molecule has 7 heteroatoms. The Morgan fingerprint density at radius 2 is 1.60 bits per heavy atom. The average molecular weight is 360 g/mol. The van der Waals surface area contributed by atoms with Crippen LogP contribution in [0.25, 0.3) is 0 Å². The molecule has 0 saturated carbocycles. The topological polar surface area (TPSA) is 29.5 Å². The van der Waals surface area contributed by atoms with Crippen LogP contribution in [0, 0.1) is 0 Å². The minimum atomic E-state index is -5.65. The largest absolute Gasteiger partial charge is 0.508 e. The van der Waals surface area contributed by atoms with Crippen molar-refractivity contribution >= 4 is 0 Å². The third-order valence-corrected chi connectivity index (χ3v) is 3.65. The number of alkyl halides is 5. The van der Waals surface area contributed by atoms with E-state index in [-0.39, 0.29) is 18.1 Å². The second-order valence-corrected chi connectivity index (χ2v) is 5.53. The smallest absolute Gasteiger partial charge is 0.458 e. The first-order chi connectivity index (χ1) is 11.7. The predicted molar refractivity (Wildman–Crippen MR) is 82.9 cm³/mol. The Labute approximate surface area is 141 Å². The molecular weight excluding hydrogens is 343 g/mol. The highest BCUT2D eigenvalue weighted by molar-refractivity contribution is 5.32. The molecular formula is C18H17F5O2. The maximum atomic E-state index is 13.3. The van der Waals surface area contributed by atoms with Gasteiger partial charge in [-0.3, -0.25) is 0 Å². The molecule has 2 aromatic carbocycles. The molecule has 0 spiro atoms. The van der Waals surface area contributed by atoms with Gasteiger partial charge in [-0.1, -0.05) is 30.3 Å². The van der Waals surface area contributed by atoms with Crippen LogP contribution < -0.4 is 4.74 Å². The number of ether oxygens (including phenoxy) is 1. The highest BCUT2D eigenvalue weighted by Gasteiger charge is 2.58. The van der Waals surface area contributed by atoms with Crippen LogP contribution in [0.5, 0.6) is 11.5 Å². The SMILES string of the molecule is Oc1ccccc1CCCCOc1cccc(C(F)(F)C(F)(F)F)c1. The number of hydrogen-bond acceptors (Lipinski definition) is 2. The van der Waals surface area contributed by atoms with Crippen molar-refractivity contribution in [2.24, 2.45) is 0 Å². The lowest BCUT2D eigenvalue weighted by Crippen LogP contribution is -2.33. The van der Waals surface area contributed by atoms with Crippen molar-refractivity contribution < 1.29 is 31.8 Å². The summed E-state index contributed by atoms with van der Waals surface area (Å²) in [6.45, 7) is 0.175. The molecule has 0 heterocycles. The van der Waals surface area contributed by atoms with E-state index in [0.29, 0.717) is 25.3 Å². The lowest BCUT2D eigenvalue weighted by molar-refractivity contribution is -0.289. The molecule has 25 heavy (non-hydrogen) atoms. The molecule has 0 aliphatic heterocycles. The van der Waals surface area contributed by atoms with Crippen LogP contribution >= 0.6 is 0 Å². The molecule has 0 aliphatic carbocycles. The summed E-state index contributed by atoms with van der Waals surface area (Å²) in [6, 6.07) is 10.8. The Morgan fingerprint density at radius 1 is 0.880 bits per heavy atom. The second kappa shape index (κ2) is 7.72. The molecule has 2 rings (SSSR count). The van der Waals surface area contributed by atoms with Gasteiger partial charge in [-0.15, -0.1) is 0 Å². The van der Waals surface area contributed by atoms with Crippen LogP contribution in [0.2, 0.25) is 0 Å². The number of unbranched alkanes of at least 4 members (excludes halogenated alkanes) is 1. The van der Waals surface area contributed by atoms with Gasteiger partial charge < -0.3 is 9.84 Å². The Morgan fingerprint density at radius 3 is 2.28 bits per heavy atom. The third-order valence-electron chi connectivity index (χ3n) is 3.65. The van der Waals surface area contributed by atoms with Gasteiger partial charge in [0, 0.05) is 5.56 Å². The number of halogens is 5. The normalized spacial score (nSPS) is 12.2. The molecule has 0 unspecified atom stereocenters. The summed E-state index contributed by atoms with van der Waals surface area (Å²) in [4.78, 5) is 0. The maximum Gasteiger partial charge on any atom is 0.458 e. The van der Waals surface area contributed by atoms with Gasteiger partial charge in [0.05, 0.1) is 6.61 Å². The van der Waals surface area contributed by atoms with Gasteiger partial charge in [0.1, 0.15) is 11.5 Å². The van der Waals surface area contributed by atoms with E-state index in [2.05, 4.69) is 0 Å². The summed E-state index contributed by atoms with van der Waals surface area (Å²) in [5.41, 5.74) is -0.360. The zero-order chi connectivity index (χ0) is 18.5. The van der Waals surface area contributed by atoms with Gasteiger partial charge in [-0.2, -0.15) is 22.0 Å². The molecule has 0 aromatic heterocycles. The first-order valence-corrected chi connectivity index (χ1v) is 7.66. The molecule has 0 fully saturated rings. The molecule has 0 radical (unpaired) electrons. The molecule has 0 aliphatic rings. The molecule has 0 atom stereocenters. The van der Waals surface area contributed by atoms with Crippen LogP contribution in [0.1, 0.15) is 24.0 Å². The lowest BCUT2D eigenvalue weighted by atomic mass is 10.1. The quantitative estimate of drug-likeness (QED) is 0.526. The Bertz CT molecular complexity index is 698. The number of phenolic OH excluding ortho intramolecular Hbond substituents is 1. The van der Waals surface area contributed by atoms with Crippen molar-refractivity contribution in [3.05, 3.63) is 59.7 Å². The van der Waals surface area contributed by atoms with Crippen molar-refractivity contribution in [2.45, 2.75) is 31.4 Å². The van der Waals surface area contributed by atoms with Gasteiger partial charge in [0.15, 0.2) is 0 Å². The molecule has 2 aromatic rings. The number of aryl methyl sites for hydroxylation is 1. The van der Waals surface area contributed by atoms with Crippen LogP contribution in [0.4, 0.5) is 22.0 Å². The number of benzene rings is 2. The van der Waals surface area contributed by atoms with Gasteiger partial charge in [0.25, 0.3) is 0 Å². The van der Waals surface area contributed by atoms with E-state index < -0.39 is 17.7 Å². The maximum absolute atomic E-state index is 13.3. The number of rotatable bonds is 7. The lowest BCUT2D eigenvalue weighted by Gasteiger charge is -2.20. The number of hydrogen-bond donors (Lipinski definition) is 1. The Hall–Kier alpha value is -2.31. The van der Waals surface area contributed by atoms with E-state index >= 15 is 0 Å². The van der Waals surface area contributed by atoms with Gasteiger partial charge in [0.2, 0.25) is 0 Å². The summed E-state index contributed by atoms with van der Waals surface area (Å²) in [7, 11) is 0. The fourth-order valence-electron chi connectivity index (χ4n) is 2.27. The van der Waals surface area contributed by atoms with E-state index in [0.717, 1.165) is 17.7 Å². The minimum absolute atomic E-state index is 0.0380. The highest BCUT2D eigenvalue weighted by atomic mass is 19.4. The molecule has 2 nitrogen and oxygen atoms in total. The van der Waals surface area contributed by atoms with Crippen molar-refractivity contribution in [3.63, 3.8) is 0 Å². The molecule has 0 saturated heterocycles. The van der Waals surface area contributed by atoms with Crippen molar-refractivity contribution in [1.29, 1.82) is 0 Å². The van der Waals surface area contributed by atoms with E-state index in [1.54, 1.807) is 24.3 Å². The zero-order valence-corrected chi connectivity index (χ0v) is 13.2. The van der Waals surface area contributed by atoms with E-state index in [1.807, 2.05) is 0 Å². The van der Waals surface area contributed by atoms with E-state index in [9.17, 15) is 27.1 Å². The summed E-state index contributed by atoms with van der Waals surface area (Å²) in [6.07, 6.45) is -3.80. The van der Waals surface area contributed by atoms with Crippen LogP contribution in [0.15, 0.2) is 48.5 Å². The van der Waals surface area contributed by atoms with E-state index in [4.69, 9.17) is 4.74 Å². The minimum Gasteiger partial charge on any atom is -0.508 e. The van der Waals surface area contributed by atoms with Crippen LogP contribution in [0.3, 0.4) is 0 Å². The summed E-state index contributed by atoms with van der Waals surface area (Å²) >= 11 is 0. The predicted octanol–water partition coefficient (Wildman–Crippen LogP) is 5.45. The summed E-state index contributed by atoms with van der Waals surface area (Å²) in [5.74, 6) is -4.76.